The van der Waals surface area contributed by atoms with Crippen LogP contribution in [0.5, 0.6) is 0 Å². The number of ether oxygens (including phenoxy) is 1. The number of hydrogen-bond acceptors (Lipinski definition) is 4. The number of amides is 3. The Balaban J connectivity index is 1.41. The molecule has 0 saturated carbocycles. The van der Waals surface area contributed by atoms with Gasteiger partial charge in [0.1, 0.15) is 5.54 Å². The second kappa shape index (κ2) is 10.8. The van der Waals surface area contributed by atoms with Crippen LogP contribution in [-0.4, -0.2) is 78.6 Å². The first-order chi connectivity index (χ1) is 16.1. The van der Waals surface area contributed by atoms with E-state index in [9.17, 15) is 9.59 Å². The first-order valence-electron chi connectivity index (χ1n) is 11.7. The summed E-state index contributed by atoms with van der Waals surface area (Å²) in [6.45, 7) is 3.69. The molecule has 0 unspecified atom stereocenters. The van der Waals surface area contributed by atoms with Gasteiger partial charge in [0.15, 0.2) is 0 Å². The fourth-order valence-corrected chi connectivity index (χ4v) is 4.85. The highest BCUT2D eigenvalue weighted by atomic mass is 16.5. The zero-order valence-corrected chi connectivity index (χ0v) is 19.4. The predicted octanol–water partition coefficient (Wildman–Crippen LogP) is 3.69. The van der Waals surface area contributed by atoms with E-state index in [0.717, 1.165) is 25.2 Å². The number of likely N-dealkylation sites (tertiary alicyclic amines) is 1. The second-order valence-corrected chi connectivity index (χ2v) is 8.76. The predicted molar refractivity (Wildman–Crippen MR) is 130 cm³/mol. The van der Waals surface area contributed by atoms with E-state index in [1.807, 2.05) is 48.5 Å². The smallest absolute Gasteiger partial charge is 0.327 e. The molecule has 2 saturated heterocycles. The van der Waals surface area contributed by atoms with E-state index in [1.165, 1.54) is 10.5 Å². The van der Waals surface area contributed by atoms with Crippen LogP contribution in [0.15, 0.2) is 66.7 Å². The number of piperidine rings is 1. The first kappa shape index (κ1) is 23.2. The van der Waals surface area contributed by atoms with Gasteiger partial charge in [0.25, 0.3) is 5.91 Å². The monoisotopic (exact) mass is 447 g/mol. The third kappa shape index (κ3) is 5.18. The van der Waals surface area contributed by atoms with Gasteiger partial charge in [-0.2, -0.15) is 0 Å². The molecule has 174 valence electrons. The lowest BCUT2D eigenvalue weighted by Gasteiger charge is -2.42. The maximum Gasteiger partial charge on any atom is 0.327 e. The van der Waals surface area contributed by atoms with E-state index in [2.05, 4.69) is 29.2 Å². The number of carbonyl (C=O) groups excluding carboxylic acids is 2. The van der Waals surface area contributed by atoms with Gasteiger partial charge in [0, 0.05) is 39.8 Å². The summed E-state index contributed by atoms with van der Waals surface area (Å²) in [5, 5.41) is 0. The Bertz CT molecular complexity index is 953. The SMILES string of the molecule is COCCN1C(=O)N(CCc2ccccc2)C(=O)C12CCN(C/C=C/c1ccccc1)CC2. The Hall–Kier alpha value is -2.96. The van der Waals surface area contributed by atoms with Gasteiger partial charge in [0.05, 0.1) is 6.61 Å². The molecule has 0 atom stereocenters. The van der Waals surface area contributed by atoms with Crippen molar-refractivity contribution in [3.63, 3.8) is 0 Å². The summed E-state index contributed by atoms with van der Waals surface area (Å²) >= 11 is 0. The number of benzene rings is 2. The lowest BCUT2D eigenvalue weighted by atomic mass is 9.85. The Morgan fingerprint density at radius 2 is 1.61 bits per heavy atom. The lowest BCUT2D eigenvalue weighted by Crippen LogP contribution is -2.57. The van der Waals surface area contributed by atoms with Crippen molar-refractivity contribution in [3.05, 3.63) is 77.9 Å². The summed E-state index contributed by atoms with van der Waals surface area (Å²) in [4.78, 5) is 32.5. The lowest BCUT2D eigenvalue weighted by molar-refractivity contribution is -0.135. The van der Waals surface area contributed by atoms with E-state index >= 15 is 0 Å². The summed E-state index contributed by atoms with van der Waals surface area (Å²) in [6.07, 6.45) is 6.28. The maximum absolute atomic E-state index is 13.6. The molecule has 2 aliphatic rings. The van der Waals surface area contributed by atoms with Crippen molar-refractivity contribution in [1.82, 2.24) is 14.7 Å². The van der Waals surface area contributed by atoms with Crippen LogP contribution >= 0.6 is 0 Å². The zero-order valence-electron chi connectivity index (χ0n) is 19.4. The van der Waals surface area contributed by atoms with Gasteiger partial charge in [0.2, 0.25) is 0 Å². The molecule has 2 fully saturated rings. The third-order valence-corrected chi connectivity index (χ3v) is 6.76. The number of urea groups is 1. The fraction of sp³-hybridized carbons (Fsp3) is 0.407. The van der Waals surface area contributed by atoms with Crippen molar-refractivity contribution < 1.29 is 14.3 Å². The Labute approximate surface area is 196 Å². The number of hydrogen-bond donors (Lipinski definition) is 0. The fourth-order valence-electron chi connectivity index (χ4n) is 4.85. The highest BCUT2D eigenvalue weighted by Crippen LogP contribution is 2.37. The van der Waals surface area contributed by atoms with Crippen molar-refractivity contribution in [3.8, 4) is 0 Å². The molecule has 2 aromatic rings. The molecule has 2 heterocycles. The van der Waals surface area contributed by atoms with Gasteiger partial charge in [-0.1, -0.05) is 72.8 Å². The average Bonchev–Trinajstić information content (AvgIpc) is 3.04. The van der Waals surface area contributed by atoms with Crippen molar-refractivity contribution in [1.29, 1.82) is 0 Å². The zero-order chi connectivity index (χ0) is 23.1. The van der Waals surface area contributed by atoms with Gasteiger partial charge < -0.3 is 9.64 Å². The second-order valence-electron chi connectivity index (χ2n) is 8.76. The highest BCUT2D eigenvalue weighted by molar-refractivity contribution is 6.07. The quantitative estimate of drug-likeness (QED) is 0.550. The molecule has 4 rings (SSSR count). The van der Waals surface area contributed by atoms with Crippen LogP contribution in [-0.2, 0) is 16.0 Å². The van der Waals surface area contributed by atoms with Crippen LogP contribution in [0.2, 0.25) is 0 Å². The van der Waals surface area contributed by atoms with Gasteiger partial charge in [-0.15, -0.1) is 0 Å². The van der Waals surface area contributed by atoms with Gasteiger partial charge in [-0.05, 0) is 30.4 Å². The summed E-state index contributed by atoms with van der Waals surface area (Å²) in [5.74, 6) is -0.0426. The molecule has 0 bridgehead atoms. The standard InChI is InChI=1S/C27H33N3O3/c1-33-22-21-30-26(32)29(18-14-24-11-6-3-7-12-24)25(31)27(30)15-19-28(20-16-27)17-8-13-23-9-4-2-5-10-23/h2-13H,14-22H2,1H3/b13-8+. The largest absolute Gasteiger partial charge is 0.383 e. The van der Waals surface area contributed by atoms with Gasteiger partial charge in [-0.3, -0.25) is 14.6 Å². The number of methoxy groups -OCH3 is 1. The number of carbonyl (C=O) groups is 2. The molecular weight excluding hydrogens is 414 g/mol. The Morgan fingerprint density at radius 3 is 2.27 bits per heavy atom. The minimum absolute atomic E-state index is 0.0426. The van der Waals surface area contributed by atoms with E-state index in [4.69, 9.17) is 4.74 Å². The summed E-state index contributed by atoms with van der Waals surface area (Å²) in [7, 11) is 1.63. The molecule has 6 nitrogen and oxygen atoms in total. The van der Waals surface area contributed by atoms with Crippen molar-refractivity contribution in [2.45, 2.75) is 24.8 Å². The average molecular weight is 448 g/mol. The molecular formula is C27H33N3O3. The van der Waals surface area contributed by atoms with E-state index < -0.39 is 5.54 Å². The molecule has 2 aromatic carbocycles. The molecule has 0 aromatic heterocycles. The molecule has 0 N–H and O–H groups in total. The van der Waals surface area contributed by atoms with Crippen molar-refractivity contribution in [2.24, 2.45) is 0 Å². The normalized spacial score (nSPS) is 18.7. The molecule has 0 aliphatic carbocycles. The van der Waals surface area contributed by atoms with E-state index in [-0.39, 0.29) is 11.9 Å². The highest BCUT2D eigenvalue weighted by Gasteiger charge is 2.57. The molecule has 0 radical (unpaired) electrons. The molecule has 3 amide bonds. The maximum atomic E-state index is 13.6. The number of nitrogens with zero attached hydrogens (tertiary/aromatic N) is 3. The van der Waals surface area contributed by atoms with Crippen LogP contribution in [0.4, 0.5) is 4.79 Å². The topological polar surface area (TPSA) is 53.1 Å². The summed E-state index contributed by atoms with van der Waals surface area (Å²) in [6, 6.07) is 20.1. The van der Waals surface area contributed by atoms with E-state index in [0.29, 0.717) is 39.0 Å². The van der Waals surface area contributed by atoms with Crippen LogP contribution in [0, 0.1) is 0 Å². The third-order valence-electron chi connectivity index (χ3n) is 6.76. The van der Waals surface area contributed by atoms with Crippen LogP contribution < -0.4 is 0 Å². The summed E-state index contributed by atoms with van der Waals surface area (Å²) < 4.78 is 5.26. The Kier molecular flexibility index (Phi) is 7.57. The van der Waals surface area contributed by atoms with Gasteiger partial charge >= 0.3 is 6.03 Å². The summed E-state index contributed by atoms with van der Waals surface area (Å²) in [5.41, 5.74) is 1.57. The first-order valence-corrected chi connectivity index (χ1v) is 11.7. The van der Waals surface area contributed by atoms with Crippen LogP contribution in [0.3, 0.4) is 0 Å². The van der Waals surface area contributed by atoms with Crippen molar-refractivity contribution >= 4 is 18.0 Å². The van der Waals surface area contributed by atoms with Crippen LogP contribution in [0.25, 0.3) is 6.08 Å². The molecule has 33 heavy (non-hydrogen) atoms. The molecule has 2 aliphatic heterocycles. The van der Waals surface area contributed by atoms with E-state index in [1.54, 1.807) is 12.0 Å². The van der Waals surface area contributed by atoms with Crippen molar-refractivity contribution in [2.75, 3.05) is 46.4 Å². The minimum Gasteiger partial charge on any atom is -0.383 e. The number of rotatable bonds is 9. The molecule has 1 spiro atoms. The Morgan fingerprint density at radius 1 is 0.939 bits per heavy atom. The van der Waals surface area contributed by atoms with Gasteiger partial charge in [-0.25, -0.2) is 4.79 Å². The minimum atomic E-state index is -0.744. The number of imide groups is 1. The molecule has 6 heteroatoms. The van der Waals surface area contributed by atoms with Crippen LogP contribution in [0.1, 0.15) is 24.0 Å².